The van der Waals surface area contributed by atoms with Crippen LogP contribution in [0.4, 0.5) is 0 Å². The zero-order valence-electron chi connectivity index (χ0n) is 41.6. The molecule has 3 aromatic heterocycles. The van der Waals surface area contributed by atoms with E-state index in [1.165, 1.54) is 55.6 Å². The molecular weight excluding hydrogens is 899 g/mol. The molecule has 0 fully saturated rings. The SMILES string of the molecule is CC1(C)c2ccccc2-c2ccc(-c3ccc4c5ccccc5n(-c5nc(-c6ccccc6-c6ccccc6)nc(-n6c7ccccc7c7ccc(-c8ccc9c(c8)C(C)(C)c8ccccc8-9)cc76)n5)c4c3)cc21. The van der Waals surface area contributed by atoms with E-state index in [0.29, 0.717) is 17.7 Å². The monoisotopic (exact) mass is 947 g/mol. The Hall–Kier alpha value is -9.19. The van der Waals surface area contributed by atoms with Crippen LogP contribution in [0.3, 0.4) is 0 Å². The van der Waals surface area contributed by atoms with Crippen LogP contribution >= 0.6 is 0 Å². The zero-order chi connectivity index (χ0) is 49.5. The average Bonchev–Trinajstić information content (AvgIpc) is 4.11. The van der Waals surface area contributed by atoms with Crippen molar-refractivity contribution in [3.8, 4) is 78.9 Å². The largest absolute Gasteiger partial charge is 0.278 e. The molecular formula is C69H49N5. The Bertz CT molecular complexity index is 4250. The van der Waals surface area contributed by atoms with Gasteiger partial charge in [-0.25, -0.2) is 0 Å². The van der Waals surface area contributed by atoms with Gasteiger partial charge in [0, 0.05) is 37.9 Å². The van der Waals surface area contributed by atoms with Gasteiger partial charge in [0.1, 0.15) is 0 Å². The molecule has 0 saturated heterocycles. The number of aromatic nitrogens is 5. The highest BCUT2D eigenvalue weighted by Gasteiger charge is 2.37. The van der Waals surface area contributed by atoms with Gasteiger partial charge in [-0.05, 0) is 114 Å². The first-order valence-electron chi connectivity index (χ1n) is 25.7. The van der Waals surface area contributed by atoms with E-state index in [1.807, 2.05) is 0 Å². The van der Waals surface area contributed by atoms with E-state index in [-0.39, 0.29) is 10.8 Å². The van der Waals surface area contributed by atoms with Crippen LogP contribution in [0.1, 0.15) is 49.9 Å². The highest BCUT2D eigenvalue weighted by Crippen LogP contribution is 2.51. The molecule has 0 aliphatic heterocycles. The second-order valence-corrected chi connectivity index (χ2v) is 21.2. The maximum absolute atomic E-state index is 5.63. The zero-order valence-corrected chi connectivity index (χ0v) is 41.6. The number of fused-ring (bicyclic) bond motifs is 12. The van der Waals surface area contributed by atoms with Gasteiger partial charge >= 0.3 is 0 Å². The standard InChI is InChI=1S/C69H49N5/c1-68(2)57-26-14-10-21-48(57)50-34-30-43(38-59(50)68)45-32-36-54-52-23-12-16-28-61(52)73(63(54)40-45)66-70-65(56-25-9-8-20-47(56)42-18-6-5-7-19-42)71-67(72-66)74-62-29-17-13-24-53(62)55-37-33-46(41-64(55)74)44-31-35-51-49-22-11-15-27-58(49)69(3,4)60(51)39-44/h5-41H,1-4H3. The normalized spacial score (nSPS) is 13.9. The maximum Gasteiger partial charge on any atom is 0.240 e. The Labute approximate surface area is 429 Å². The molecule has 0 spiro atoms. The van der Waals surface area contributed by atoms with E-state index in [9.17, 15) is 0 Å². The molecule has 0 bridgehead atoms. The third kappa shape index (κ3) is 6.13. The third-order valence-corrected chi connectivity index (χ3v) is 16.4. The smallest absolute Gasteiger partial charge is 0.240 e. The summed E-state index contributed by atoms with van der Waals surface area (Å²) in [6.07, 6.45) is 0. The van der Waals surface area contributed by atoms with E-state index in [0.717, 1.165) is 71.4 Å². The fraction of sp³-hybridized carbons (Fsp3) is 0.0870. The van der Waals surface area contributed by atoms with E-state index in [1.54, 1.807) is 0 Å². The van der Waals surface area contributed by atoms with Crippen LogP contribution in [0.25, 0.3) is 123 Å². The Morgan fingerprint density at radius 1 is 0.270 bits per heavy atom. The van der Waals surface area contributed by atoms with Gasteiger partial charge in [-0.1, -0.05) is 216 Å². The Kier molecular flexibility index (Phi) is 8.99. The lowest BCUT2D eigenvalue weighted by molar-refractivity contribution is 0.660. The topological polar surface area (TPSA) is 48.5 Å². The molecule has 0 N–H and O–H groups in total. The number of para-hydroxylation sites is 2. The summed E-state index contributed by atoms with van der Waals surface area (Å²) in [4.78, 5) is 16.7. The molecule has 3 heterocycles. The van der Waals surface area contributed by atoms with Crippen LogP contribution in [-0.2, 0) is 10.8 Å². The lowest BCUT2D eigenvalue weighted by atomic mass is 9.81. The van der Waals surface area contributed by atoms with Gasteiger partial charge in [-0.3, -0.25) is 9.13 Å². The predicted octanol–water partition coefficient (Wildman–Crippen LogP) is 17.3. The van der Waals surface area contributed by atoms with E-state index in [4.69, 9.17) is 15.0 Å². The number of rotatable bonds is 6. The fourth-order valence-corrected chi connectivity index (χ4v) is 12.7. The Morgan fingerprint density at radius 2 is 0.649 bits per heavy atom. The molecule has 5 nitrogen and oxygen atoms in total. The molecule has 2 aliphatic carbocycles. The van der Waals surface area contributed by atoms with E-state index in [2.05, 4.69) is 261 Å². The molecule has 350 valence electrons. The van der Waals surface area contributed by atoms with Crippen molar-refractivity contribution in [3.63, 3.8) is 0 Å². The average molecular weight is 948 g/mol. The van der Waals surface area contributed by atoms with Crippen LogP contribution in [0, 0.1) is 0 Å². The van der Waals surface area contributed by atoms with Crippen LogP contribution in [0.2, 0.25) is 0 Å². The molecule has 0 radical (unpaired) electrons. The van der Waals surface area contributed by atoms with Gasteiger partial charge in [0.25, 0.3) is 0 Å². The van der Waals surface area contributed by atoms with Crippen LogP contribution in [-0.4, -0.2) is 24.1 Å². The van der Waals surface area contributed by atoms with E-state index >= 15 is 0 Å². The Morgan fingerprint density at radius 3 is 1.16 bits per heavy atom. The lowest BCUT2D eigenvalue weighted by Crippen LogP contribution is -2.14. The number of nitrogens with zero attached hydrogens (tertiary/aromatic N) is 5. The molecule has 2 aliphatic rings. The highest BCUT2D eigenvalue weighted by molar-refractivity contribution is 6.11. The second-order valence-electron chi connectivity index (χ2n) is 21.2. The summed E-state index contributed by atoms with van der Waals surface area (Å²) in [5.41, 5.74) is 22.3. The molecule has 15 rings (SSSR count). The summed E-state index contributed by atoms with van der Waals surface area (Å²) >= 11 is 0. The molecule has 74 heavy (non-hydrogen) atoms. The first-order chi connectivity index (χ1) is 36.2. The molecule has 10 aromatic carbocycles. The van der Waals surface area contributed by atoms with Gasteiger partial charge in [0.05, 0.1) is 22.1 Å². The number of benzene rings is 10. The summed E-state index contributed by atoms with van der Waals surface area (Å²) in [5, 5.41) is 4.53. The maximum atomic E-state index is 5.63. The van der Waals surface area contributed by atoms with Crippen molar-refractivity contribution in [1.29, 1.82) is 0 Å². The Balaban J connectivity index is 0.969. The van der Waals surface area contributed by atoms with Crippen molar-refractivity contribution >= 4 is 43.6 Å². The van der Waals surface area contributed by atoms with Crippen molar-refractivity contribution in [1.82, 2.24) is 24.1 Å². The fourth-order valence-electron chi connectivity index (χ4n) is 12.7. The van der Waals surface area contributed by atoms with Gasteiger partial charge in [-0.15, -0.1) is 0 Å². The minimum atomic E-state index is -0.118. The number of hydrogen-bond acceptors (Lipinski definition) is 3. The first-order valence-corrected chi connectivity index (χ1v) is 25.7. The summed E-state index contributed by atoms with van der Waals surface area (Å²) in [7, 11) is 0. The minimum Gasteiger partial charge on any atom is -0.278 e. The van der Waals surface area contributed by atoms with Crippen molar-refractivity contribution in [3.05, 3.63) is 247 Å². The quantitative estimate of drug-likeness (QED) is 0.167. The van der Waals surface area contributed by atoms with Crippen molar-refractivity contribution in [2.45, 2.75) is 38.5 Å². The van der Waals surface area contributed by atoms with Gasteiger partial charge < -0.3 is 0 Å². The first kappa shape index (κ1) is 42.5. The van der Waals surface area contributed by atoms with Crippen LogP contribution < -0.4 is 0 Å². The van der Waals surface area contributed by atoms with Crippen LogP contribution in [0.5, 0.6) is 0 Å². The highest BCUT2D eigenvalue weighted by atomic mass is 15.3. The lowest BCUT2D eigenvalue weighted by Gasteiger charge is -2.22. The van der Waals surface area contributed by atoms with E-state index < -0.39 is 0 Å². The predicted molar refractivity (Wildman–Crippen MR) is 305 cm³/mol. The molecule has 5 heteroatoms. The summed E-state index contributed by atoms with van der Waals surface area (Å²) < 4.78 is 4.51. The molecule has 13 aromatic rings. The van der Waals surface area contributed by atoms with Gasteiger partial charge in [-0.2, -0.15) is 15.0 Å². The van der Waals surface area contributed by atoms with Crippen molar-refractivity contribution in [2.75, 3.05) is 0 Å². The molecule has 0 atom stereocenters. The minimum absolute atomic E-state index is 0.118. The third-order valence-electron chi connectivity index (χ3n) is 16.4. The number of hydrogen-bond donors (Lipinski definition) is 0. The van der Waals surface area contributed by atoms with Crippen molar-refractivity contribution < 1.29 is 0 Å². The van der Waals surface area contributed by atoms with Crippen molar-refractivity contribution in [2.24, 2.45) is 0 Å². The van der Waals surface area contributed by atoms with Gasteiger partial charge in [0.15, 0.2) is 5.82 Å². The summed E-state index contributed by atoms with van der Waals surface area (Å²) in [6.45, 7) is 9.39. The molecule has 0 unspecified atom stereocenters. The van der Waals surface area contributed by atoms with Gasteiger partial charge in [0.2, 0.25) is 11.9 Å². The van der Waals surface area contributed by atoms with Crippen LogP contribution in [0.15, 0.2) is 224 Å². The summed E-state index contributed by atoms with van der Waals surface area (Å²) in [5.74, 6) is 1.68. The molecule has 0 saturated carbocycles. The molecule has 0 amide bonds. The second kappa shape index (κ2) is 15.7. The summed E-state index contributed by atoms with van der Waals surface area (Å²) in [6, 6.07) is 81.7.